The minimum atomic E-state index is -0.561. The van der Waals surface area contributed by atoms with Crippen molar-refractivity contribution in [1.82, 2.24) is 15.3 Å². The number of nitrogens with two attached hydrogens (primary N) is 1. The van der Waals surface area contributed by atoms with Gasteiger partial charge in [-0.25, -0.2) is 4.98 Å². The number of nitrogens with zero attached hydrogens (tertiary/aromatic N) is 1. The third-order valence-corrected chi connectivity index (χ3v) is 4.93. The van der Waals surface area contributed by atoms with E-state index in [2.05, 4.69) is 20.6 Å². The molecule has 28 heavy (non-hydrogen) atoms. The van der Waals surface area contributed by atoms with Gasteiger partial charge in [-0.2, -0.15) is 0 Å². The number of hydrogen-bond acceptors (Lipinski definition) is 5. The Morgan fingerprint density at radius 1 is 1.18 bits per heavy atom. The van der Waals surface area contributed by atoms with Gasteiger partial charge in [0.2, 0.25) is 5.91 Å². The summed E-state index contributed by atoms with van der Waals surface area (Å²) in [4.78, 5) is 42.5. The number of carbonyl (C=O) groups excluding carboxylic acids is 3. The zero-order valence-corrected chi connectivity index (χ0v) is 16.1. The van der Waals surface area contributed by atoms with Crippen molar-refractivity contribution in [3.63, 3.8) is 0 Å². The Balaban J connectivity index is 1.56. The van der Waals surface area contributed by atoms with Crippen molar-refractivity contribution in [1.29, 1.82) is 0 Å². The van der Waals surface area contributed by atoms with E-state index in [1.165, 1.54) is 11.3 Å². The van der Waals surface area contributed by atoms with Crippen LogP contribution in [0.3, 0.4) is 0 Å². The summed E-state index contributed by atoms with van der Waals surface area (Å²) in [7, 11) is 0. The molecular weight excluding hydrogens is 378 g/mol. The quantitative estimate of drug-likeness (QED) is 0.508. The molecule has 1 aromatic carbocycles. The van der Waals surface area contributed by atoms with Crippen molar-refractivity contribution in [3.8, 4) is 11.3 Å². The van der Waals surface area contributed by atoms with Gasteiger partial charge in [-0.05, 0) is 43.2 Å². The Kier molecular flexibility index (Phi) is 5.55. The van der Waals surface area contributed by atoms with Crippen molar-refractivity contribution < 1.29 is 14.4 Å². The lowest BCUT2D eigenvalue weighted by Crippen LogP contribution is -2.32. The Bertz CT molecular complexity index is 1050. The molecule has 3 amide bonds. The maximum Gasteiger partial charge on any atom is 0.265 e. The summed E-state index contributed by atoms with van der Waals surface area (Å²) >= 11 is 1.24. The summed E-state index contributed by atoms with van der Waals surface area (Å²) in [6.45, 7) is 3.72. The maximum absolute atomic E-state index is 12.2. The third kappa shape index (κ3) is 4.44. The molecule has 0 fully saturated rings. The molecule has 0 aliphatic rings. The first-order valence-corrected chi connectivity index (χ1v) is 9.31. The fraction of sp³-hybridized carbons (Fsp3) is 0.158. The van der Waals surface area contributed by atoms with E-state index >= 15 is 0 Å². The second kappa shape index (κ2) is 8.05. The van der Waals surface area contributed by atoms with Crippen LogP contribution >= 0.6 is 11.3 Å². The van der Waals surface area contributed by atoms with Crippen LogP contribution in [0.15, 0.2) is 35.8 Å². The third-order valence-electron chi connectivity index (χ3n) is 4.17. The zero-order chi connectivity index (χ0) is 20.3. The van der Waals surface area contributed by atoms with Crippen molar-refractivity contribution in [2.24, 2.45) is 5.73 Å². The zero-order valence-electron chi connectivity index (χ0n) is 15.3. The van der Waals surface area contributed by atoms with Gasteiger partial charge in [0.25, 0.3) is 11.8 Å². The summed E-state index contributed by atoms with van der Waals surface area (Å²) in [6.07, 6.45) is 1.62. The minimum Gasteiger partial charge on any atom is -0.364 e. The highest BCUT2D eigenvalue weighted by Gasteiger charge is 2.13. The molecule has 0 saturated carbocycles. The molecule has 0 spiro atoms. The lowest BCUT2D eigenvalue weighted by atomic mass is 10.1. The van der Waals surface area contributed by atoms with Crippen LogP contribution in [0.4, 0.5) is 5.13 Å². The second-order valence-corrected chi connectivity index (χ2v) is 7.09. The average molecular weight is 397 g/mol. The first-order chi connectivity index (χ1) is 13.3. The number of nitrogens with one attached hydrogen (secondary N) is 3. The van der Waals surface area contributed by atoms with Gasteiger partial charge < -0.3 is 21.4 Å². The smallest absolute Gasteiger partial charge is 0.265 e. The molecule has 2 aromatic heterocycles. The van der Waals surface area contributed by atoms with Crippen molar-refractivity contribution >= 4 is 34.2 Å². The Hall–Kier alpha value is -3.46. The van der Waals surface area contributed by atoms with Crippen LogP contribution in [0, 0.1) is 13.8 Å². The van der Waals surface area contributed by atoms with Crippen molar-refractivity contribution in [3.05, 3.63) is 58.2 Å². The molecule has 8 nitrogen and oxygen atoms in total. The van der Waals surface area contributed by atoms with E-state index in [-0.39, 0.29) is 24.1 Å². The number of rotatable bonds is 6. The average Bonchev–Trinajstić information content (AvgIpc) is 3.31. The normalized spacial score (nSPS) is 10.5. The number of primary amides is 1. The lowest BCUT2D eigenvalue weighted by molar-refractivity contribution is -0.115. The molecule has 2 heterocycles. The Morgan fingerprint density at radius 2 is 1.96 bits per heavy atom. The van der Waals surface area contributed by atoms with Gasteiger partial charge in [-0.3, -0.25) is 14.4 Å². The SMILES string of the molecule is Cc1ccc(C(=O)NCC(=O)Nc2nc(-c3c[nH]c(C(N)=O)c3)cs2)cc1C. The molecule has 5 N–H and O–H groups in total. The molecule has 0 aliphatic carbocycles. The molecule has 0 unspecified atom stereocenters. The van der Waals surface area contributed by atoms with E-state index in [0.29, 0.717) is 22.0 Å². The van der Waals surface area contributed by atoms with Gasteiger partial charge in [0.15, 0.2) is 5.13 Å². The highest BCUT2D eigenvalue weighted by molar-refractivity contribution is 7.14. The van der Waals surface area contributed by atoms with Gasteiger partial charge in [0, 0.05) is 22.7 Å². The number of anilines is 1. The number of aromatic nitrogens is 2. The lowest BCUT2D eigenvalue weighted by Gasteiger charge is -2.07. The maximum atomic E-state index is 12.2. The number of H-pyrrole nitrogens is 1. The minimum absolute atomic E-state index is 0.170. The van der Waals surface area contributed by atoms with Gasteiger partial charge in [-0.1, -0.05) is 6.07 Å². The van der Waals surface area contributed by atoms with Crippen molar-refractivity contribution in [2.45, 2.75) is 13.8 Å². The fourth-order valence-corrected chi connectivity index (χ4v) is 3.19. The van der Waals surface area contributed by atoms with Crippen LogP contribution in [0.25, 0.3) is 11.3 Å². The standard InChI is InChI=1S/C19H19N5O3S/c1-10-3-4-12(5-11(10)2)18(27)22-8-16(25)24-19-23-15(9-28-19)13-6-14(17(20)26)21-7-13/h3-7,9,21H,8H2,1-2H3,(H2,20,26)(H,22,27)(H,23,24,25). The first-order valence-electron chi connectivity index (χ1n) is 8.43. The predicted octanol–water partition coefficient (Wildman–Crippen LogP) is 2.22. The van der Waals surface area contributed by atoms with E-state index in [1.807, 2.05) is 19.9 Å². The second-order valence-electron chi connectivity index (χ2n) is 6.23. The monoisotopic (exact) mass is 397 g/mol. The first kappa shape index (κ1) is 19.3. The summed E-state index contributed by atoms with van der Waals surface area (Å²) in [5.41, 5.74) is 9.39. The summed E-state index contributed by atoms with van der Waals surface area (Å²) < 4.78 is 0. The molecule has 0 atom stereocenters. The number of aryl methyl sites for hydroxylation is 2. The molecule has 0 aliphatic heterocycles. The topological polar surface area (TPSA) is 130 Å². The number of thiazole rings is 1. The van der Waals surface area contributed by atoms with Gasteiger partial charge >= 0.3 is 0 Å². The Morgan fingerprint density at radius 3 is 2.64 bits per heavy atom. The Labute approximate surface area is 165 Å². The van der Waals surface area contributed by atoms with E-state index in [9.17, 15) is 14.4 Å². The fourth-order valence-electron chi connectivity index (χ4n) is 2.46. The summed E-state index contributed by atoms with van der Waals surface area (Å²) in [6, 6.07) is 6.96. The molecule has 144 valence electrons. The molecule has 9 heteroatoms. The molecule has 3 rings (SSSR count). The van der Waals surface area contributed by atoms with E-state index in [1.54, 1.807) is 29.8 Å². The van der Waals surface area contributed by atoms with E-state index in [0.717, 1.165) is 11.1 Å². The van der Waals surface area contributed by atoms with Gasteiger partial charge in [-0.15, -0.1) is 11.3 Å². The van der Waals surface area contributed by atoms with Crippen LogP contribution < -0.4 is 16.4 Å². The highest BCUT2D eigenvalue weighted by atomic mass is 32.1. The summed E-state index contributed by atoms with van der Waals surface area (Å²) in [5, 5.41) is 7.37. The van der Waals surface area contributed by atoms with Crippen LogP contribution in [0.5, 0.6) is 0 Å². The van der Waals surface area contributed by atoms with Gasteiger partial charge in [0.05, 0.1) is 12.2 Å². The molecular formula is C19H19N5O3S. The number of carbonyl (C=O) groups is 3. The van der Waals surface area contributed by atoms with E-state index < -0.39 is 5.91 Å². The summed E-state index contributed by atoms with van der Waals surface area (Å²) in [5.74, 6) is -1.26. The predicted molar refractivity (Wildman–Crippen MR) is 107 cm³/mol. The highest BCUT2D eigenvalue weighted by Crippen LogP contribution is 2.25. The van der Waals surface area contributed by atoms with Crippen molar-refractivity contribution in [2.75, 3.05) is 11.9 Å². The number of amides is 3. The van der Waals surface area contributed by atoms with Crippen LogP contribution in [-0.2, 0) is 4.79 Å². The van der Waals surface area contributed by atoms with Crippen LogP contribution in [-0.4, -0.2) is 34.2 Å². The molecule has 3 aromatic rings. The van der Waals surface area contributed by atoms with Crippen LogP contribution in [0.1, 0.15) is 32.0 Å². The largest absolute Gasteiger partial charge is 0.364 e. The molecule has 0 bridgehead atoms. The van der Waals surface area contributed by atoms with E-state index in [4.69, 9.17) is 5.73 Å². The number of aromatic amines is 1. The molecule has 0 saturated heterocycles. The van der Waals surface area contributed by atoms with Crippen LogP contribution in [0.2, 0.25) is 0 Å². The number of benzene rings is 1. The molecule has 0 radical (unpaired) electrons. The number of hydrogen-bond donors (Lipinski definition) is 4. The van der Waals surface area contributed by atoms with Gasteiger partial charge in [0.1, 0.15) is 5.69 Å².